The van der Waals surface area contributed by atoms with Crippen LogP contribution in [0.3, 0.4) is 0 Å². The van der Waals surface area contributed by atoms with E-state index >= 15 is 0 Å². The van der Waals surface area contributed by atoms with E-state index in [4.69, 9.17) is 5.73 Å². The second-order valence-electron chi connectivity index (χ2n) is 2.55. The monoisotopic (exact) mass is 238 g/mol. The van der Waals surface area contributed by atoms with Crippen LogP contribution in [0.1, 0.15) is 0 Å². The fourth-order valence-corrected chi connectivity index (χ4v) is 1.40. The van der Waals surface area contributed by atoms with E-state index in [9.17, 15) is 0 Å². The number of halogens is 1. The lowest BCUT2D eigenvalue weighted by molar-refractivity contribution is 0.804. The number of nitrogens with two attached hydrogens (primary N) is 1. The lowest BCUT2D eigenvalue weighted by Crippen LogP contribution is -2.00. The zero-order chi connectivity index (χ0) is 9.26. The summed E-state index contributed by atoms with van der Waals surface area (Å²) in [5.41, 5.74) is 7.27. The van der Waals surface area contributed by atoms with E-state index in [1.165, 1.54) is 0 Å². The second kappa shape index (κ2) is 3.18. The van der Waals surface area contributed by atoms with E-state index in [0.29, 0.717) is 5.69 Å². The Labute approximate surface area is 83.5 Å². The first-order valence-electron chi connectivity index (χ1n) is 3.69. The molecular formula is C8H7BrN4. The maximum absolute atomic E-state index is 5.77. The van der Waals surface area contributed by atoms with Crippen LogP contribution in [0.25, 0.3) is 5.69 Å². The van der Waals surface area contributed by atoms with E-state index < -0.39 is 0 Å². The minimum absolute atomic E-state index is 0.675. The summed E-state index contributed by atoms with van der Waals surface area (Å²) < 4.78 is 2.59. The molecular weight excluding hydrogens is 232 g/mol. The van der Waals surface area contributed by atoms with Gasteiger partial charge in [-0.1, -0.05) is 21.1 Å². The number of aromatic nitrogens is 3. The Balaban J connectivity index is 2.57. The Morgan fingerprint density at radius 1 is 1.38 bits per heavy atom. The molecule has 0 radical (unpaired) electrons. The summed E-state index contributed by atoms with van der Waals surface area (Å²) in [6.45, 7) is 0. The van der Waals surface area contributed by atoms with Crippen molar-refractivity contribution in [1.82, 2.24) is 15.0 Å². The van der Waals surface area contributed by atoms with Crippen LogP contribution in [0, 0.1) is 0 Å². The smallest absolute Gasteiger partial charge is 0.0903 e. The number of benzene rings is 1. The van der Waals surface area contributed by atoms with Crippen LogP contribution in [0.2, 0.25) is 0 Å². The van der Waals surface area contributed by atoms with Crippen molar-refractivity contribution in [2.75, 3.05) is 5.73 Å². The van der Waals surface area contributed by atoms with E-state index in [1.807, 2.05) is 18.2 Å². The Morgan fingerprint density at radius 3 is 2.92 bits per heavy atom. The van der Waals surface area contributed by atoms with Gasteiger partial charge in [0.15, 0.2) is 0 Å². The number of hydrogen-bond acceptors (Lipinski definition) is 3. The standard InChI is InChI=1S/C8H7BrN4/c9-6-1-2-7(10)8(5-6)13-4-3-11-12-13/h1-5H,10H2. The van der Waals surface area contributed by atoms with Crippen molar-refractivity contribution in [3.8, 4) is 5.69 Å². The first-order valence-corrected chi connectivity index (χ1v) is 4.48. The highest BCUT2D eigenvalue weighted by Crippen LogP contribution is 2.20. The molecule has 0 aliphatic heterocycles. The molecule has 2 N–H and O–H groups in total. The first-order chi connectivity index (χ1) is 6.27. The molecule has 1 aromatic carbocycles. The van der Waals surface area contributed by atoms with Gasteiger partial charge in [-0.3, -0.25) is 0 Å². The molecule has 0 spiro atoms. The van der Waals surface area contributed by atoms with Gasteiger partial charge in [-0.15, -0.1) is 5.10 Å². The van der Waals surface area contributed by atoms with Crippen molar-refractivity contribution in [1.29, 1.82) is 0 Å². The van der Waals surface area contributed by atoms with Gasteiger partial charge in [0.1, 0.15) is 0 Å². The third-order valence-corrected chi connectivity index (χ3v) is 2.16. The minimum atomic E-state index is 0.675. The maximum atomic E-state index is 5.77. The number of nitrogen functional groups attached to an aromatic ring is 1. The normalized spacial score (nSPS) is 10.2. The van der Waals surface area contributed by atoms with Gasteiger partial charge in [0, 0.05) is 4.47 Å². The third kappa shape index (κ3) is 1.55. The van der Waals surface area contributed by atoms with Gasteiger partial charge in [0.25, 0.3) is 0 Å². The molecule has 0 bridgehead atoms. The summed E-state index contributed by atoms with van der Waals surface area (Å²) in [6, 6.07) is 5.60. The second-order valence-corrected chi connectivity index (χ2v) is 3.47. The Kier molecular flexibility index (Phi) is 2.02. The molecule has 2 aromatic rings. The highest BCUT2D eigenvalue weighted by molar-refractivity contribution is 9.10. The molecule has 13 heavy (non-hydrogen) atoms. The molecule has 2 rings (SSSR count). The van der Waals surface area contributed by atoms with Crippen LogP contribution in [0.5, 0.6) is 0 Å². The van der Waals surface area contributed by atoms with Crippen LogP contribution in [-0.2, 0) is 0 Å². The zero-order valence-corrected chi connectivity index (χ0v) is 8.27. The topological polar surface area (TPSA) is 56.7 Å². The molecule has 66 valence electrons. The number of hydrogen-bond donors (Lipinski definition) is 1. The van der Waals surface area contributed by atoms with Crippen LogP contribution in [0.15, 0.2) is 35.1 Å². The van der Waals surface area contributed by atoms with E-state index in [0.717, 1.165) is 10.2 Å². The fraction of sp³-hybridized carbons (Fsp3) is 0. The molecule has 0 aliphatic rings. The predicted octanol–water partition coefficient (Wildman–Crippen LogP) is 1.61. The summed E-state index contributed by atoms with van der Waals surface area (Å²) in [6.07, 6.45) is 3.36. The van der Waals surface area contributed by atoms with Crippen LogP contribution in [0.4, 0.5) is 5.69 Å². The van der Waals surface area contributed by atoms with Crippen molar-refractivity contribution >= 4 is 21.6 Å². The van der Waals surface area contributed by atoms with Crippen molar-refractivity contribution < 1.29 is 0 Å². The molecule has 1 aromatic heterocycles. The molecule has 0 unspecified atom stereocenters. The van der Waals surface area contributed by atoms with Gasteiger partial charge in [-0.25, -0.2) is 4.68 Å². The number of nitrogens with zero attached hydrogens (tertiary/aromatic N) is 3. The van der Waals surface area contributed by atoms with Gasteiger partial charge >= 0.3 is 0 Å². The summed E-state index contributed by atoms with van der Waals surface area (Å²) in [5, 5.41) is 7.57. The third-order valence-electron chi connectivity index (χ3n) is 1.66. The van der Waals surface area contributed by atoms with E-state index in [-0.39, 0.29) is 0 Å². The zero-order valence-electron chi connectivity index (χ0n) is 6.68. The van der Waals surface area contributed by atoms with Crippen LogP contribution < -0.4 is 5.73 Å². The van der Waals surface area contributed by atoms with Gasteiger partial charge in [-0.05, 0) is 18.2 Å². The molecule has 0 saturated heterocycles. The maximum Gasteiger partial charge on any atom is 0.0903 e. The number of anilines is 1. The van der Waals surface area contributed by atoms with Crippen LogP contribution >= 0.6 is 15.9 Å². The minimum Gasteiger partial charge on any atom is -0.397 e. The molecule has 0 fully saturated rings. The largest absolute Gasteiger partial charge is 0.397 e. The molecule has 0 atom stereocenters. The summed E-state index contributed by atoms with van der Waals surface area (Å²) in [7, 11) is 0. The molecule has 1 heterocycles. The number of rotatable bonds is 1. The fourth-order valence-electron chi connectivity index (χ4n) is 1.05. The average Bonchev–Trinajstić information content (AvgIpc) is 2.61. The highest BCUT2D eigenvalue weighted by Gasteiger charge is 2.02. The SMILES string of the molecule is Nc1ccc(Br)cc1-n1ccnn1. The molecule has 0 saturated carbocycles. The van der Waals surface area contributed by atoms with E-state index in [2.05, 4.69) is 26.2 Å². The quantitative estimate of drug-likeness (QED) is 0.769. The van der Waals surface area contributed by atoms with Crippen LogP contribution in [-0.4, -0.2) is 15.0 Å². The Hall–Kier alpha value is -1.36. The van der Waals surface area contributed by atoms with Gasteiger partial charge in [-0.2, -0.15) is 0 Å². The van der Waals surface area contributed by atoms with Crippen molar-refractivity contribution in [2.45, 2.75) is 0 Å². The van der Waals surface area contributed by atoms with Gasteiger partial charge < -0.3 is 5.73 Å². The summed E-state index contributed by atoms with van der Waals surface area (Å²) >= 11 is 3.36. The van der Waals surface area contributed by atoms with Crippen molar-refractivity contribution in [2.24, 2.45) is 0 Å². The molecule has 5 heteroatoms. The average molecular weight is 239 g/mol. The van der Waals surface area contributed by atoms with Gasteiger partial charge in [0.2, 0.25) is 0 Å². The molecule has 4 nitrogen and oxygen atoms in total. The lowest BCUT2D eigenvalue weighted by Gasteiger charge is -2.04. The van der Waals surface area contributed by atoms with Gasteiger partial charge in [0.05, 0.1) is 23.8 Å². The predicted molar refractivity (Wildman–Crippen MR) is 53.5 cm³/mol. The van der Waals surface area contributed by atoms with E-state index in [1.54, 1.807) is 17.1 Å². The molecule has 0 aliphatic carbocycles. The molecule has 0 amide bonds. The lowest BCUT2D eigenvalue weighted by atomic mass is 10.3. The Morgan fingerprint density at radius 2 is 2.23 bits per heavy atom. The first kappa shape index (κ1) is 8.25. The summed E-state index contributed by atoms with van der Waals surface area (Å²) in [4.78, 5) is 0. The highest BCUT2D eigenvalue weighted by atomic mass is 79.9. The Bertz CT molecular complexity index is 410. The summed E-state index contributed by atoms with van der Waals surface area (Å²) in [5.74, 6) is 0. The van der Waals surface area contributed by atoms with Crippen molar-refractivity contribution in [3.63, 3.8) is 0 Å². The van der Waals surface area contributed by atoms with Crippen molar-refractivity contribution in [3.05, 3.63) is 35.1 Å².